The van der Waals surface area contributed by atoms with Crippen LogP contribution < -0.4 is 5.32 Å². The highest BCUT2D eigenvalue weighted by molar-refractivity contribution is 7.11. The zero-order valence-electron chi connectivity index (χ0n) is 11.8. The van der Waals surface area contributed by atoms with Crippen LogP contribution in [0, 0.1) is 0 Å². The molecule has 0 saturated heterocycles. The highest BCUT2D eigenvalue weighted by atomic mass is 32.1. The van der Waals surface area contributed by atoms with Crippen molar-refractivity contribution in [1.29, 1.82) is 0 Å². The van der Waals surface area contributed by atoms with Gasteiger partial charge in [0.1, 0.15) is 5.00 Å². The van der Waals surface area contributed by atoms with Gasteiger partial charge in [0.25, 0.3) is 0 Å². The van der Waals surface area contributed by atoms with Crippen molar-refractivity contribution >= 4 is 27.4 Å². The van der Waals surface area contributed by atoms with Crippen LogP contribution in [0.3, 0.4) is 0 Å². The fraction of sp³-hybridized carbons (Fsp3) is 0.235. The molecule has 1 unspecified atom stereocenters. The molecule has 20 heavy (non-hydrogen) atoms. The van der Waals surface area contributed by atoms with Crippen LogP contribution in [0.4, 0.5) is 5.00 Å². The summed E-state index contributed by atoms with van der Waals surface area (Å²) >= 11 is 1.53. The van der Waals surface area contributed by atoms with Crippen molar-refractivity contribution < 1.29 is 0 Å². The number of anilines is 1. The lowest BCUT2D eigenvalue weighted by Gasteiger charge is -2.14. The van der Waals surface area contributed by atoms with Gasteiger partial charge in [0.05, 0.1) is 5.52 Å². The summed E-state index contributed by atoms with van der Waals surface area (Å²) in [5.74, 6) is 0. The molecule has 0 fully saturated rings. The Morgan fingerprint density at radius 2 is 1.85 bits per heavy atom. The maximum Gasteiger partial charge on any atom is 0.117 e. The second kappa shape index (κ2) is 5.63. The lowest BCUT2D eigenvalue weighted by molar-refractivity contribution is 0.889. The van der Waals surface area contributed by atoms with Crippen LogP contribution in [-0.2, 0) is 6.42 Å². The molecule has 3 aromatic rings. The van der Waals surface area contributed by atoms with E-state index in [1.807, 2.05) is 6.07 Å². The second-order valence-corrected chi connectivity index (χ2v) is 5.76. The smallest absolute Gasteiger partial charge is 0.117 e. The Kier molecular flexibility index (Phi) is 3.70. The molecule has 1 N–H and O–H groups in total. The average molecular weight is 282 g/mol. The topological polar surface area (TPSA) is 24.9 Å². The molecule has 1 heterocycles. The SMILES string of the molecule is CCc1ccc(C(C)Nc2snc3ccccc23)cc1. The lowest BCUT2D eigenvalue weighted by atomic mass is 10.1. The fourth-order valence-corrected chi connectivity index (χ4v) is 3.16. The van der Waals surface area contributed by atoms with Gasteiger partial charge in [-0.05, 0) is 48.1 Å². The van der Waals surface area contributed by atoms with E-state index >= 15 is 0 Å². The first-order valence-corrected chi connectivity index (χ1v) is 7.75. The normalized spacial score (nSPS) is 12.5. The van der Waals surface area contributed by atoms with Gasteiger partial charge in [-0.15, -0.1) is 0 Å². The van der Waals surface area contributed by atoms with Gasteiger partial charge in [-0.1, -0.05) is 43.3 Å². The van der Waals surface area contributed by atoms with E-state index < -0.39 is 0 Å². The van der Waals surface area contributed by atoms with Gasteiger partial charge in [-0.3, -0.25) is 0 Å². The lowest BCUT2D eigenvalue weighted by Crippen LogP contribution is -2.05. The molecule has 2 nitrogen and oxygen atoms in total. The van der Waals surface area contributed by atoms with Crippen molar-refractivity contribution in [2.45, 2.75) is 26.3 Å². The summed E-state index contributed by atoms with van der Waals surface area (Å²) in [6.45, 7) is 4.37. The molecular weight excluding hydrogens is 264 g/mol. The highest BCUT2D eigenvalue weighted by Gasteiger charge is 2.10. The van der Waals surface area contributed by atoms with Crippen LogP contribution in [0.15, 0.2) is 48.5 Å². The first-order chi connectivity index (χ1) is 9.78. The third-order valence-corrected chi connectivity index (χ3v) is 4.43. The summed E-state index contributed by atoms with van der Waals surface area (Å²) in [7, 11) is 0. The van der Waals surface area contributed by atoms with Crippen LogP contribution in [0.5, 0.6) is 0 Å². The summed E-state index contributed by atoms with van der Waals surface area (Å²) in [5, 5.41) is 5.92. The minimum Gasteiger partial charge on any atom is -0.369 e. The summed E-state index contributed by atoms with van der Waals surface area (Å²) in [6, 6.07) is 17.4. The quantitative estimate of drug-likeness (QED) is 0.725. The summed E-state index contributed by atoms with van der Waals surface area (Å²) in [4.78, 5) is 0. The number of hydrogen-bond acceptors (Lipinski definition) is 3. The number of fused-ring (bicyclic) bond motifs is 1. The summed E-state index contributed by atoms with van der Waals surface area (Å²) in [5.41, 5.74) is 3.75. The van der Waals surface area contributed by atoms with Crippen LogP contribution in [-0.4, -0.2) is 4.37 Å². The molecule has 0 aliphatic carbocycles. The largest absolute Gasteiger partial charge is 0.369 e. The second-order valence-electron chi connectivity index (χ2n) is 4.99. The van der Waals surface area contributed by atoms with E-state index in [-0.39, 0.29) is 6.04 Å². The first kappa shape index (κ1) is 13.1. The van der Waals surface area contributed by atoms with Gasteiger partial charge >= 0.3 is 0 Å². The minimum atomic E-state index is 0.282. The Morgan fingerprint density at radius 1 is 1.10 bits per heavy atom. The van der Waals surface area contributed by atoms with Crippen molar-refractivity contribution in [2.75, 3.05) is 5.32 Å². The molecule has 1 aromatic heterocycles. The third-order valence-electron chi connectivity index (χ3n) is 3.62. The van der Waals surface area contributed by atoms with Gasteiger partial charge in [0, 0.05) is 11.4 Å². The Hall–Kier alpha value is -1.87. The Bertz CT molecular complexity index is 700. The van der Waals surface area contributed by atoms with E-state index in [9.17, 15) is 0 Å². The first-order valence-electron chi connectivity index (χ1n) is 6.97. The van der Waals surface area contributed by atoms with Gasteiger partial charge in [-0.2, -0.15) is 4.37 Å². The maximum atomic E-state index is 4.47. The van der Waals surface area contributed by atoms with E-state index in [4.69, 9.17) is 0 Å². The van der Waals surface area contributed by atoms with Crippen LogP contribution in [0.2, 0.25) is 0 Å². The molecule has 0 bridgehead atoms. The molecule has 0 spiro atoms. The Labute approximate surface area is 123 Å². The predicted octanol–water partition coefficient (Wildman–Crippen LogP) is 5.03. The molecule has 0 saturated carbocycles. The number of rotatable bonds is 4. The van der Waals surface area contributed by atoms with Gasteiger partial charge in [0.15, 0.2) is 0 Å². The fourth-order valence-electron chi connectivity index (χ4n) is 2.32. The Morgan fingerprint density at radius 3 is 2.60 bits per heavy atom. The number of benzene rings is 2. The molecule has 102 valence electrons. The van der Waals surface area contributed by atoms with Crippen LogP contribution >= 0.6 is 11.5 Å². The molecular formula is C17H18N2S. The number of nitrogens with zero attached hydrogens (tertiary/aromatic N) is 1. The predicted molar refractivity (Wildman–Crippen MR) is 87.5 cm³/mol. The van der Waals surface area contributed by atoms with E-state index in [2.05, 4.69) is 66.0 Å². The van der Waals surface area contributed by atoms with Gasteiger partial charge in [0.2, 0.25) is 0 Å². The maximum absolute atomic E-state index is 4.47. The van der Waals surface area contributed by atoms with Crippen molar-refractivity contribution in [3.05, 3.63) is 59.7 Å². The number of nitrogens with one attached hydrogen (secondary N) is 1. The van der Waals surface area contributed by atoms with Gasteiger partial charge in [-0.25, -0.2) is 0 Å². The van der Waals surface area contributed by atoms with Crippen LogP contribution in [0.25, 0.3) is 10.9 Å². The van der Waals surface area contributed by atoms with Crippen LogP contribution in [0.1, 0.15) is 31.0 Å². The van der Waals surface area contributed by atoms with E-state index in [1.54, 1.807) is 0 Å². The molecule has 0 aliphatic rings. The van der Waals surface area contributed by atoms with Crippen molar-refractivity contribution in [3.63, 3.8) is 0 Å². The Balaban J connectivity index is 1.82. The minimum absolute atomic E-state index is 0.282. The molecule has 0 radical (unpaired) electrons. The molecule has 2 aromatic carbocycles. The van der Waals surface area contributed by atoms with Crippen molar-refractivity contribution in [1.82, 2.24) is 4.37 Å². The van der Waals surface area contributed by atoms with Crippen molar-refractivity contribution in [2.24, 2.45) is 0 Å². The zero-order chi connectivity index (χ0) is 13.9. The molecule has 0 aliphatic heterocycles. The third kappa shape index (κ3) is 2.54. The average Bonchev–Trinajstić information content (AvgIpc) is 2.91. The summed E-state index contributed by atoms with van der Waals surface area (Å²) < 4.78 is 4.47. The molecule has 3 rings (SSSR count). The van der Waals surface area contributed by atoms with E-state index in [0.29, 0.717) is 0 Å². The number of aromatic nitrogens is 1. The monoisotopic (exact) mass is 282 g/mol. The standard InChI is InChI=1S/C17H18N2S/c1-3-13-8-10-14(11-9-13)12(2)18-17-15-6-4-5-7-16(15)19-20-17/h4-12,18H,3H2,1-2H3. The van der Waals surface area contributed by atoms with E-state index in [0.717, 1.165) is 16.9 Å². The number of aryl methyl sites for hydroxylation is 1. The number of hydrogen-bond donors (Lipinski definition) is 1. The molecule has 1 atom stereocenters. The highest BCUT2D eigenvalue weighted by Crippen LogP contribution is 2.30. The zero-order valence-corrected chi connectivity index (χ0v) is 12.6. The van der Waals surface area contributed by atoms with Crippen molar-refractivity contribution in [3.8, 4) is 0 Å². The summed E-state index contributed by atoms with van der Waals surface area (Å²) in [6.07, 6.45) is 1.08. The van der Waals surface area contributed by atoms with Gasteiger partial charge < -0.3 is 5.32 Å². The molecule has 0 amide bonds. The van der Waals surface area contributed by atoms with E-state index in [1.165, 1.54) is 28.0 Å². The molecule has 3 heteroatoms.